The van der Waals surface area contributed by atoms with Gasteiger partial charge in [-0.1, -0.05) is 18.3 Å². The van der Waals surface area contributed by atoms with Gasteiger partial charge in [0.15, 0.2) is 6.29 Å². The summed E-state index contributed by atoms with van der Waals surface area (Å²) in [7, 11) is 0. The van der Waals surface area contributed by atoms with Crippen LogP contribution in [0.5, 0.6) is 0 Å². The summed E-state index contributed by atoms with van der Waals surface area (Å²) in [6.07, 6.45) is 1.66. The van der Waals surface area contributed by atoms with Crippen LogP contribution in [0.15, 0.2) is 0 Å². The molecular weight excluding hydrogens is 160 g/mol. The van der Waals surface area contributed by atoms with Gasteiger partial charge in [-0.2, -0.15) is 0 Å². The number of aromatic nitrogens is 2. The summed E-state index contributed by atoms with van der Waals surface area (Å²) in [4.78, 5) is 11.1. The van der Waals surface area contributed by atoms with Crippen LogP contribution in [-0.2, 0) is 6.42 Å². The summed E-state index contributed by atoms with van der Waals surface area (Å²) in [5, 5.41) is 3.86. The lowest BCUT2D eigenvalue weighted by Gasteiger charge is -1.98. The molecule has 1 aromatic rings. The van der Waals surface area contributed by atoms with Crippen LogP contribution in [0.4, 0.5) is 0 Å². The third kappa shape index (κ3) is 2.08. The van der Waals surface area contributed by atoms with E-state index in [1.807, 2.05) is 0 Å². The van der Waals surface area contributed by atoms with Crippen molar-refractivity contribution in [1.82, 2.24) is 9.59 Å². The molecule has 60 valence electrons. The highest BCUT2D eigenvalue weighted by molar-refractivity contribution is 7.07. The lowest BCUT2D eigenvalue weighted by molar-refractivity contribution is 0.112. The summed E-state index contributed by atoms with van der Waals surface area (Å²) >= 11 is 1.16. The van der Waals surface area contributed by atoms with E-state index in [1.165, 1.54) is 0 Å². The maximum absolute atomic E-state index is 10.4. The molecule has 0 aromatic carbocycles. The van der Waals surface area contributed by atoms with Crippen LogP contribution in [0.1, 0.15) is 29.2 Å². The zero-order chi connectivity index (χ0) is 8.27. The number of aldehydes is 1. The van der Waals surface area contributed by atoms with Crippen LogP contribution >= 0.6 is 11.5 Å². The second-order valence-corrected chi connectivity index (χ2v) is 3.59. The lowest BCUT2D eigenvalue weighted by Crippen LogP contribution is -1.97. The van der Waals surface area contributed by atoms with Crippen molar-refractivity contribution in [1.29, 1.82) is 0 Å². The quantitative estimate of drug-likeness (QED) is 0.646. The summed E-state index contributed by atoms with van der Waals surface area (Å²) in [6.45, 7) is 4.18. The van der Waals surface area contributed by atoms with Crippen molar-refractivity contribution >= 4 is 17.8 Å². The predicted molar refractivity (Wildman–Crippen MR) is 43.8 cm³/mol. The Labute approximate surface area is 69.6 Å². The molecule has 0 unspecified atom stereocenters. The van der Waals surface area contributed by atoms with Crippen molar-refractivity contribution in [3.8, 4) is 0 Å². The van der Waals surface area contributed by atoms with Crippen LogP contribution in [0, 0.1) is 5.92 Å². The first-order valence-corrected chi connectivity index (χ1v) is 4.27. The summed E-state index contributed by atoms with van der Waals surface area (Å²) in [5.41, 5.74) is 0.833. The molecule has 1 heterocycles. The highest BCUT2D eigenvalue weighted by Gasteiger charge is 2.07. The van der Waals surface area contributed by atoms with Gasteiger partial charge in [0.05, 0.1) is 5.69 Å². The van der Waals surface area contributed by atoms with Gasteiger partial charge in [-0.15, -0.1) is 5.10 Å². The zero-order valence-corrected chi connectivity index (χ0v) is 7.39. The van der Waals surface area contributed by atoms with Crippen LogP contribution in [-0.4, -0.2) is 15.9 Å². The molecule has 0 saturated heterocycles. The first-order chi connectivity index (χ1) is 5.24. The predicted octanol–water partition coefficient (Wildman–Crippen LogP) is 1.55. The van der Waals surface area contributed by atoms with Crippen molar-refractivity contribution < 1.29 is 4.79 Å². The van der Waals surface area contributed by atoms with E-state index in [0.717, 1.165) is 29.9 Å². The third-order valence-electron chi connectivity index (χ3n) is 1.29. The van der Waals surface area contributed by atoms with Gasteiger partial charge >= 0.3 is 0 Å². The highest BCUT2D eigenvalue weighted by Crippen LogP contribution is 2.11. The van der Waals surface area contributed by atoms with Gasteiger partial charge in [0.25, 0.3) is 0 Å². The van der Waals surface area contributed by atoms with Gasteiger partial charge < -0.3 is 0 Å². The van der Waals surface area contributed by atoms with Crippen molar-refractivity contribution in [3.63, 3.8) is 0 Å². The van der Waals surface area contributed by atoms with E-state index in [-0.39, 0.29) is 0 Å². The van der Waals surface area contributed by atoms with E-state index in [2.05, 4.69) is 23.4 Å². The Morgan fingerprint density at radius 2 is 2.36 bits per heavy atom. The Balaban J connectivity index is 2.76. The Bertz CT molecular complexity index is 244. The molecule has 0 spiro atoms. The number of nitrogens with zero attached hydrogens (tertiary/aromatic N) is 2. The first kappa shape index (κ1) is 8.33. The molecule has 0 aliphatic heterocycles. The SMILES string of the molecule is CC(C)Cc1nnsc1C=O. The number of carbonyl (C=O) groups is 1. The molecule has 0 amide bonds. The van der Waals surface area contributed by atoms with Gasteiger partial charge in [0.1, 0.15) is 4.88 Å². The van der Waals surface area contributed by atoms with Crippen LogP contribution in [0.2, 0.25) is 0 Å². The normalized spacial score (nSPS) is 10.5. The number of carbonyl (C=O) groups excluding carboxylic acids is 1. The molecule has 3 nitrogen and oxygen atoms in total. The van der Waals surface area contributed by atoms with Gasteiger partial charge in [0, 0.05) is 0 Å². The zero-order valence-electron chi connectivity index (χ0n) is 6.57. The van der Waals surface area contributed by atoms with Crippen LogP contribution in [0.25, 0.3) is 0 Å². The monoisotopic (exact) mass is 170 g/mol. The minimum atomic E-state index is 0.526. The molecule has 0 saturated carbocycles. The molecule has 0 radical (unpaired) electrons. The van der Waals surface area contributed by atoms with Crippen LogP contribution < -0.4 is 0 Å². The molecule has 0 bridgehead atoms. The molecule has 4 heteroatoms. The van der Waals surface area contributed by atoms with E-state index in [0.29, 0.717) is 10.8 Å². The summed E-state index contributed by atoms with van der Waals surface area (Å²) in [6, 6.07) is 0. The molecule has 0 fully saturated rings. The minimum absolute atomic E-state index is 0.526. The standard InChI is InChI=1S/C7H10N2OS/c1-5(2)3-6-7(4-10)11-9-8-6/h4-5H,3H2,1-2H3. The van der Waals surface area contributed by atoms with Crippen molar-refractivity contribution in [3.05, 3.63) is 10.6 Å². The maximum atomic E-state index is 10.4. The van der Waals surface area contributed by atoms with Crippen molar-refractivity contribution in [2.45, 2.75) is 20.3 Å². The van der Waals surface area contributed by atoms with Gasteiger partial charge in [0.2, 0.25) is 0 Å². The Morgan fingerprint density at radius 1 is 1.64 bits per heavy atom. The lowest BCUT2D eigenvalue weighted by atomic mass is 10.1. The fraction of sp³-hybridized carbons (Fsp3) is 0.571. The molecule has 11 heavy (non-hydrogen) atoms. The number of rotatable bonds is 3. The smallest absolute Gasteiger partial charge is 0.163 e. The van der Waals surface area contributed by atoms with E-state index < -0.39 is 0 Å². The molecule has 0 atom stereocenters. The van der Waals surface area contributed by atoms with Crippen molar-refractivity contribution in [2.75, 3.05) is 0 Å². The van der Waals surface area contributed by atoms with Crippen LogP contribution in [0.3, 0.4) is 0 Å². The van der Waals surface area contributed by atoms with Gasteiger partial charge in [-0.05, 0) is 23.9 Å². The number of hydrogen-bond donors (Lipinski definition) is 0. The highest BCUT2D eigenvalue weighted by atomic mass is 32.1. The van der Waals surface area contributed by atoms with Crippen molar-refractivity contribution in [2.24, 2.45) is 5.92 Å². The van der Waals surface area contributed by atoms with Gasteiger partial charge in [-0.3, -0.25) is 4.79 Å². The Kier molecular flexibility index (Phi) is 2.70. The van der Waals surface area contributed by atoms with Gasteiger partial charge in [-0.25, -0.2) is 0 Å². The Hall–Kier alpha value is -0.770. The minimum Gasteiger partial charge on any atom is -0.297 e. The molecular formula is C7H10N2OS. The van der Waals surface area contributed by atoms with E-state index in [9.17, 15) is 4.79 Å². The second-order valence-electron chi connectivity index (χ2n) is 2.80. The number of hydrogen-bond acceptors (Lipinski definition) is 4. The molecule has 1 rings (SSSR count). The average Bonchev–Trinajstić information content (AvgIpc) is 2.34. The summed E-state index contributed by atoms with van der Waals surface area (Å²) < 4.78 is 3.71. The largest absolute Gasteiger partial charge is 0.297 e. The van der Waals surface area contributed by atoms with E-state index >= 15 is 0 Å². The van der Waals surface area contributed by atoms with E-state index in [4.69, 9.17) is 0 Å². The molecule has 0 aliphatic carbocycles. The third-order valence-corrected chi connectivity index (χ3v) is 1.99. The van der Waals surface area contributed by atoms with E-state index in [1.54, 1.807) is 0 Å². The maximum Gasteiger partial charge on any atom is 0.163 e. The average molecular weight is 170 g/mol. The topological polar surface area (TPSA) is 42.9 Å². The molecule has 1 aromatic heterocycles. The fourth-order valence-electron chi connectivity index (χ4n) is 0.833. The fourth-order valence-corrected chi connectivity index (χ4v) is 1.33. The molecule has 0 N–H and O–H groups in total. The Morgan fingerprint density at radius 3 is 2.91 bits per heavy atom. The molecule has 0 aliphatic rings. The summed E-state index contributed by atoms with van der Waals surface area (Å²) in [5.74, 6) is 0.526. The second kappa shape index (κ2) is 3.57. The first-order valence-electron chi connectivity index (χ1n) is 3.50.